The van der Waals surface area contributed by atoms with Crippen molar-refractivity contribution in [2.75, 3.05) is 72.0 Å². The Morgan fingerprint density at radius 2 is 0.982 bits per heavy atom. The molecule has 55 heavy (non-hydrogen) atoms. The van der Waals surface area contributed by atoms with Gasteiger partial charge in [-0.15, -0.1) is 0 Å². The van der Waals surface area contributed by atoms with Gasteiger partial charge in [0.15, 0.2) is 11.6 Å². The molecule has 1 atom stereocenters. The third-order valence-electron chi connectivity index (χ3n) is 9.88. The van der Waals surface area contributed by atoms with E-state index in [-0.39, 0.29) is 67.6 Å². The van der Waals surface area contributed by atoms with Crippen LogP contribution in [0.2, 0.25) is 0 Å². The Kier molecular flexibility index (Phi) is 16.8. The van der Waals surface area contributed by atoms with Crippen LogP contribution >= 0.6 is 0 Å². The van der Waals surface area contributed by atoms with Crippen LogP contribution in [-0.2, 0) is 25.7 Å². The molecular weight excluding hydrogens is 693 g/mol. The maximum Gasteiger partial charge on any atom is 0.320 e. The molecule has 298 valence electrons. The predicted octanol–water partition coefficient (Wildman–Crippen LogP) is 6.25. The van der Waals surface area contributed by atoms with Crippen LogP contribution < -0.4 is 0 Å². The minimum absolute atomic E-state index is 0.0155. The van der Waals surface area contributed by atoms with Gasteiger partial charge in [0.2, 0.25) is 0 Å². The summed E-state index contributed by atoms with van der Waals surface area (Å²) >= 11 is 0. The Balaban J connectivity index is 1.58. The topological polar surface area (TPSA) is 99.7 Å². The van der Waals surface area contributed by atoms with Crippen molar-refractivity contribution < 1.29 is 28.7 Å². The molecule has 0 radical (unpaired) electrons. The fraction of sp³-hybridized carbons (Fsp3) is 0.511. The summed E-state index contributed by atoms with van der Waals surface area (Å²) in [7, 11) is 0. The van der Waals surface area contributed by atoms with Gasteiger partial charge in [-0.25, -0.2) is 0 Å². The van der Waals surface area contributed by atoms with Crippen molar-refractivity contribution in [2.24, 2.45) is 5.41 Å². The van der Waals surface area contributed by atoms with E-state index >= 15 is 0 Å². The lowest BCUT2D eigenvalue weighted by atomic mass is 9.82. The zero-order valence-corrected chi connectivity index (χ0v) is 33.9. The molecular formula is C45H62N4O6. The van der Waals surface area contributed by atoms with Crippen molar-refractivity contribution in [3.05, 3.63) is 108 Å². The van der Waals surface area contributed by atoms with Crippen LogP contribution in [0.15, 0.2) is 91.0 Å². The highest BCUT2D eigenvalue weighted by atomic mass is 16.6. The van der Waals surface area contributed by atoms with E-state index in [4.69, 9.17) is 9.47 Å². The summed E-state index contributed by atoms with van der Waals surface area (Å²) in [5, 5.41) is 0. The second-order valence-corrected chi connectivity index (χ2v) is 16.6. The third kappa shape index (κ3) is 15.8. The lowest BCUT2D eigenvalue weighted by Gasteiger charge is -2.42. The zero-order valence-electron chi connectivity index (χ0n) is 33.9. The van der Waals surface area contributed by atoms with Crippen LogP contribution in [0.5, 0.6) is 0 Å². The lowest BCUT2D eigenvalue weighted by molar-refractivity contribution is -0.156. The number of carbonyl (C=O) groups excluding carboxylic acids is 4. The van der Waals surface area contributed by atoms with Crippen LogP contribution in [-0.4, -0.2) is 127 Å². The van der Waals surface area contributed by atoms with E-state index in [1.807, 2.05) is 112 Å². The molecule has 1 heterocycles. The molecule has 0 unspecified atom stereocenters. The molecule has 10 heteroatoms. The highest BCUT2D eigenvalue weighted by molar-refractivity contribution is 5.98. The number of ether oxygens (including phenoxy) is 2. The van der Waals surface area contributed by atoms with Gasteiger partial charge in [-0.1, -0.05) is 112 Å². The molecule has 0 saturated carbocycles. The molecule has 0 amide bonds. The molecule has 0 aromatic heterocycles. The number of nitrogens with zero attached hydrogens (tertiary/aromatic N) is 4. The molecule has 0 N–H and O–H groups in total. The second kappa shape index (κ2) is 21.2. The van der Waals surface area contributed by atoms with Gasteiger partial charge in [0, 0.05) is 75.9 Å². The van der Waals surface area contributed by atoms with Gasteiger partial charge in [0.1, 0.15) is 12.2 Å². The van der Waals surface area contributed by atoms with Gasteiger partial charge < -0.3 is 9.47 Å². The first-order valence-electron chi connectivity index (χ1n) is 19.7. The third-order valence-corrected chi connectivity index (χ3v) is 9.88. The molecule has 0 aliphatic carbocycles. The summed E-state index contributed by atoms with van der Waals surface area (Å²) in [5.74, 6) is -0.461. The Hall–Kier alpha value is -4.22. The van der Waals surface area contributed by atoms with E-state index in [2.05, 4.69) is 40.4 Å². The van der Waals surface area contributed by atoms with Gasteiger partial charge in [-0.05, 0) is 38.2 Å². The molecule has 1 aliphatic rings. The average Bonchev–Trinajstić information content (AvgIpc) is 3.14. The number of hydrogen-bond acceptors (Lipinski definition) is 10. The van der Waals surface area contributed by atoms with Gasteiger partial charge in [0.05, 0.1) is 19.6 Å². The van der Waals surface area contributed by atoms with Gasteiger partial charge in [-0.3, -0.25) is 38.8 Å². The minimum Gasteiger partial charge on any atom is -0.461 e. The maximum atomic E-state index is 13.5. The Morgan fingerprint density at radius 3 is 1.42 bits per heavy atom. The highest BCUT2D eigenvalue weighted by Gasteiger charge is 2.32. The summed E-state index contributed by atoms with van der Waals surface area (Å²) in [4.78, 5) is 62.1. The Bertz CT molecular complexity index is 1570. The van der Waals surface area contributed by atoms with Gasteiger partial charge in [0.25, 0.3) is 0 Å². The van der Waals surface area contributed by atoms with Crippen LogP contribution in [0.1, 0.15) is 80.7 Å². The first-order valence-corrected chi connectivity index (χ1v) is 19.7. The number of Topliss-reactive ketones (excluding diaryl/α,β-unsaturated/α-hetero) is 2. The number of benzene rings is 3. The smallest absolute Gasteiger partial charge is 0.320 e. The van der Waals surface area contributed by atoms with Crippen LogP contribution in [0.3, 0.4) is 0 Å². The molecule has 1 aliphatic heterocycles. The summed E-state index contributed by atoms with van der Waals surface area (Å²) in [5.41, 5.74) is 1.48. The summed E-state index contributed by atoms with van der Waals surface area (Å²) in [6.07, 6.45) is 0.879. The predicted molar refractivity (Wildman–Crippen MR) is 217 cm³/mol. The molecule has 1 fully saturated rings. The number of ketones is 2. The number of rotatable bonds is 14. The SMILES string of the molecule is CC(C)(C)OC(=O)CN1CCN(CC(=O)c2ccccc2)CCN([C@@H](CCC(=O)OCc2ccccc2)C(C)(C)C)CCN(CC(=O)c2ccccc2)CC1. The lowest BCUT2D eigenvalue weighted by Crippen LogP contribution is -2.53. The summed E-state index contributed by atoms with van der Waals surface area (Å²) < 4.78 is 11.4. The van der Waals surface area contributed by atoms with Crippen LogP contribution in [0, 0.1) is 5.41 Å². The van der Waals surface area contributed by atoms with E-state index in [1.165, 1.54) is 0 Å². The largest absolute Gasteiger partial charge is 0.461 e. The number of hydrogen-bond donors (Lipinski definition) is 0. The standard InChI is InChI=1S/C45H62N4O6/c1-44(2,3)41(22-23-42(52)54-35-36-16-10-7-11-17-36)49-30-28-46(32-39(50)37-18-12-8-13-19-37)24-26-48(34-43(53)55-45(4,5)6)27-25-47(29-31-49)33-40(51)38-20-14-9-15-21-38/h7-21,41H,22-35H2,1-6H3/t41-/m0/s1. The van der Waals surface area contributed by atoms with Crippen molar-refractivity contribution in [3.63, 3.8) is 0 Å². The second-order valence-electron chi connectivity index (χ2n) is 16.6. The van der Waals surface area contributed by atoms with Crippen molar-refractivity contribution in [1.82, 2.24) is 19.6 Å². The van der Waals surface area contributed by atoms with E-state index < -0.39 is 5.60 Å². The monoisotopic (exact) mass is 754 g/mol. The number of esters is 2. The first-order chi connectivity index (χ1) is 26.2. The molecule has 0 spiro atoms. The molecule has 10 nitrogen and oxygen atoms in total. The Morgan fingerprint density at radius 1 is 0.564 bits per heavy atom. The normalized spacial score (nSPS) is 16.7. The minimum atomic E-state index is -0.614. The molecule has 0 bridgehead atoms. The van der Waals surface area contributed by atoms with Crippen molar-refractivity contribution >= 4 is 23.5 Å². The van der Waals surface area contributed by atoms with Crippen molar-refractivity contribution in [1.29, 1.82) is 0 Å². The van der Waals surface area contributed by atoms with Gasteiger partial charge in [-0.2, -0.15) is 0 Å². The van der Waals surface area contributed by atoms with Crippen molar-refractivity contribution in [3.8, 4) is 0 Å². The molecule has 3 aromatic carbocycles. The van der Waals surface area contributed by atoms with E-state index in [0.717, 1.165) is 5.56 Å². The zero-order chi connectivity index (χ0) is 39.8. The van der Waals surface area contributed by atoms with E-state index in [9.17, 15) is 19.2 Å². The van der Waals surface area contributed by atoms with Crippen molar-refractivity contribution in [2.45, 2.75) is 72.6 Å². The Labute approximate surface area is 328 Å². The quantitative estimate of drug-likeness (QED) is 0.139. The first kappa shape index (κ1) is 43.5. The van der Waals surface area contributed by atoms with Gasteiger partial charge >= 0.3 is 11.9 Å². The van der Waals surface area contributed by atoms with Crippen LogP contribution in [0.4, 0.5) is 0 Å². The average molecular weight is 755 g/mol. The maximum absolute atomic E-state index is 13.5. The highest BCUT2D eigenvalue weighted by Crippen LogP contribution is 2.29. The molecule has 1 saturated heterocycles. The molecule has 3 aromatic rings. The summed E-state index contributed by atoms with van der Waals surface area (Å²) in [6.45, 7) is 17.7. The fourth-order valence-electron chi connectivity index (χ4n) is 6.96. The van der Waals surface area contributed by atoms with E-state index in [0.29, 0.717) is 69.9 Å². The fourth-order valence-corrected chi connectivity index (χ4v) is 6.96. The summed E-state index contributed by atoms with van der Waals surface area (Å²) in [6, 6.07) is 28.4. The molecule has 4 rings (SSSR count). The van der Waals surface area contributed by atoms with E-state index in [1.54, 1.807) is 0 Å². The number of carbonyl (C=O) groups is 4. The van der Waals surface area contributed by atoms with Crippen LogP contribution in [0.25, 0.3) is 0 Å².